The van der Waals surface area contributed by atoms with Crippen LogP contribution in [0.4, 0.5) is 5.82 Å². The van der Waals surface area contributed by atoms with Crippen molar-refractivity contribution >= 4 is 40.5 Å². The van der Waals surface area contributed by atoms with Crippen LogP contribution in [-0.4, -0.2) is 34.5 Å². The molecular weight excluding hydrogens is 426 g/mol. The summed E-state index contributed by atoms with van der Waals surface area (Å²) in [7, 11) is 0. The molecule has 0 amide bonds. The van der Waals surface area contributed by atoms with E-state index in [1.165, 1.54) is 16.8 Å². The van der Waals surface area contributed by atoms with E-state index in [4.69, 9.17) is 28.1 Å². The molecule has 1 aliphatic carbocycles. The summed E-state index contributed by atoms with van der Waals surface area (Å²) in [4.78, 5) is 12.0. The fraction of sp³-hybridized carbons (Fsp3) is 0.368. The Morgan fingerprint density at radius 1 is 1.34 bits per heavy atom. The summed E-state index contributed by atoms with van der Waals surface area (Å²) in [6.45, 7) is 4.70. The van der Waals surface area contributed by atoms with Gasteiger partial charge in [0.05, 0.1) is 10.1 Å². The van der Waals surface area contributed by atoms with E-state index in [2.05, 4.69) is 25.9 Å². The third kappa shape index (κ3) is 3.07. The lowest BCUT2D eigenvalue weighted by atomic mass is 10.0. The van der Waals surface area contributed by atoms with Crippen molar-refractivity contribution in [2.45, 2.75) is 17.2 Å². The molecule has 3 atom stereocenters. The number of rotatable bonds is 5. The molecule has 2 aromatic heterocycles. The Bertz CT molecular complexity index is 1010. The largest absolute Gasteiger partial charge is 0.382 e. The van der Waals surface area contributed by atoms with Crippen LogP contribution in [0.1, 0.15) is 10.7 Å². The van der Waals surface area contributed by atoms with Crippen LogP contribution in [-0.2, 0) is 5.41 Å². The minimum Gasteiger partial charge on any atom is -0.382 e. The SMILES string of the molecule is Cc1csc([C@]2(CN)[C@@H]3CN(C4=CNC(Sc5ccnc(N)c5Cl)=CN4)C[C@@H]32)n1. The van der Waals surface area contributed by atoms with Gasteiger partial charge in [0.1, 0.15) is 16.6 Å². The van der Waals surface area contributed by atoms with Gasteiger partial charge in [-0.15, -0.1) is 11.3 Å². The maximum atomic E-state index is 6.24. The average Bonchev–Trinajstić information content (AvgIpc) is 3.07. The molecule has 7 nitrogen and oxygen atoms in total. The first kappa shape index (κ1) is 19.0. The number of aromatic nitrogens is 2. The van der Waals surface area contributed by atoms with Gasteiger partial charge in [0, 0.05) is 59.6 Å². The predicted molar refractivity (Wildman–Crippen MR) is 118 cm³/mol. The molecule has 2 aliphatic heterocycles. The van der Waals surface area contributed by atoms with Gasteiger partial charge >= 0.3 is 0 Å². The second kappa shape index (κ2) is 7.09. The minimum absolute atomic E-state index is 0.0763. The predicted octanol–water partition coefficient (Wildman–Crippen LogP) is 2.42. The topological polar surface area (TPSA) is 105 Å². The minimum atomic E-state index is 0.0763. The van der Waals surface area contributed by atoms with E-state index < -0.39 is 0 Å². The number of nitrogen functional groups attached to an aromatic ring is 1. The summed E-state index contributed by atoms with van der Waals surface area (Å²) in [5, 5.41) is 11.5. The molecular formula is C19H22ClN7S2. The first-order chi connectivity index (χ1) is 14.0. The van der Waals surface area contributed by atoms with E-state index in [1.807, 2.05) is 25.4 Å². The van der Waals surface area contributed by atoms with E-state index in [1.54, 1.807) is 17.5 Å². The number of hydrogen-bond donors (Lipinski definition) is 4. The average molecular weight is 448 g/mol. The number of halogens is 1. The van der Waals surface area contributed by atoms with E-state index >= 15 is 0 Å². The maximum absolute atomic E-state index is 6.24. The van der Waals surface area contributed by atoms with Crippen LogP contribution in [0.15, 0.2) is 45.8 Å². The number of nitrogens with zero attached hydrogens (tertiary/aromatic N) is 3. The van der Waals surface area contributed by atoms with Crippen LogP contribution in [0.25, 0.3) is 0 Å². The van der Waals surface area contributed by atoms with Crippen molar-refractivity contribution in [2.24, 2.45) is 17.6 Å². The molecule has 1 saturated heterocycles. The Morgan fingerprint density at radius 3 is 2.76 bits per heavy atom. The number of hydrogen-bond acceptors (Lipinski definition) is 9. The maximum Gasteiger partial charge on any atom is 0.143 e. The van der Waals surface area contributed by atoms with Crippen LogP contribution >= 0.6 is 34.7 Å². The molecule has 2 aromatic rings. The number of pyridine rings is 1. The number of anilines is 1. The second-order valence-corrected chi connectivity index (χ2v) is 9.91. The quantitative estimate of drug-likeness (QED) is 0.553. The number of nitrogens with one attached hydrogen (secondary N) is 2. The van der Waals surface area contributed by atoms with E-state index in [0.29, 0.717) is 29.2 Å². The van der Waals surface area contributed by atoms with Gasteiger partial charge in [0.15, 0.2) is 0 Å². The van der Waals surface area contributed by atoms with Crippen molar-refractivity contribution in [1.29, 1.82) is 0 Å². The molecule has 1 saturated carbocycles. The zero-order chi connectivity index (χ0) is 20.2. The van der Waals surface area contributed by atoms with Crippen molar-refractivity contribution in [3.63, 3.8) is 0 Å². The van der Waals surface area contributed by atoms with Crippen molar-refractivity contribution in [1.82, 2.24) is 25.5 Å². The molecule has 0 bridgehead atoms. The second-order valence-electron chi connectivity index (χ2n) is 7.59. The van der Waals surface area contributed by atoms with Gasteiger partial charge in [-0.05, 0) is 24.8 Å². The fourth-order valence-corrected chi connectivity index (χ4v) is 6.61. The summed E-state index contributed by atoms with van der Waals surface area (Å²) in [6.07, 6.45) is 5.62. The molecule has 10 heteroatoms. The molecule has 4 heterocycles. The van der Waals surface area contributed by atoms with Crippen LogP contribution < -0.4 is 22.1 Å². The zero-order valence-corrected chi connectivity index (χ0v) is 18.2. The molecule has 6 N–H and O–H groups in total. The highest BCUT2D eigenvalue weighted by atomic mass is 35.5. The lowest BCUT2D eigenvalue weighted by Gasteiger charge is -2.30. The first-order valence-corrected chi connectivity index (χ1v) is 11.5. The van der Waals surface area contributed by atoms with Gasteiger partial charge < -0.3 is 27.0 Å². The van der Waals surface area contributed by atoms with Crippen LogP contribution in [0.5, 0.6) is 0 Å². The Morgan fingerprint density at radius 2 is 2.14 bits per heavy atom. The number of thiazole rings is 1. The smallest absolute Gasteiger partial charge is 0.143 e. The number of likely N-dealkylation sites (tertiary alicyclic amines) is 1. The third-order valence-corrected chi connectivity index (χ3v) is 8.71. The monoisotopic (exact) mass is 447 g/mol. The van der Waals surface area contributed by atoms with Crippen LogP contribution in [0.2, 0.25) is 5.02 Å². The third-order valence-electron chi connectivity index (χ3n) is 6.03. The van der Waals surface area contributed by atoms with E-state index in [-0.39, 0.29) is 5.41 Å². The molecule has 0 aromatic carbocycles. The molecule has 2 fully saturated rings. The highest BCUT2D eigenvalue weighted by Crippen LogP contribution is 2.63. The summed E-state index contributed by atoms with van der Waals surface area (Å²) in [5.41, 5.74) is 13.2. The summed E-state index contributed by atoms with van der Waals surface area (Å²) >= 11 is 9.50. The molecule has 0 unspecified atom stereocenters. The molecule has 29 heavy (non-hydrogen) atoms. The molecule has 3 aliphatic rings. The van der Waals surface area contributed by atoms with Crippen LogP contribution in [0, 0.1) is 18.8 Å². The summed E-state index contributed by atoms with van der Waals surface area (Å²) in [6, 6.07) is 1.85. The highest BCUT2D eigenvalue weighted by Gasteiger charge is 2.69. The lowest BCUT2D eigenvalue weighted by molar-refractivity contribution is 0.318. The Hall–Kier alpha value is -1.94. The molecule has 0 radical (unpaired) electrons. The first-order valence-electron chi connectivity index (χ1n) is 9.42. The number of aryl methyl sites for hydroxylation is 1. The van der Waals surface area contributed by atoms with Gasteiger partial charge in [0.2, 0.25) is 0 Å². The number of nitrogens with two attached hydrogens (primary N) is 2. The van der Waals surface area contributed by atoms with Gasteiger partial charge in [0.25, 0.3) is 0 Å². The zero-order valence-electron chi connectivity index (χ0n) is 15.9. The Balaban J connectivity index is 1.22. The van der Waals surface area contributed by atoms with Crippen molar-refractivity contribution < 1.29 is 0 Å². The van der Waals surface area contributed by atoms with Crippen molar-refractivity contribution in [3.05, 3.63) is 56.6 Å². The van der Waals surface area contributed by atoms with Crippen molar-refractivity contribution in [3.8, 4) is 0 Å². The molecule has 152 valence electrons. The van der Waals surface area contributed by atoms with Crippen molar-refractivity contribution in [2.75, 3.05) is 25.4 Å². The fourth-order valence-electron chi connectivity index (χ4n) is 4.45. The number of fused-ring (bicyclic) bond motifs is 1. The summed E-state index contributed by atoms with van der Waals surface area (Å²) in [5.74, 6) is 2.55. The highest BCUT2D eigenvalue weighted by molar-refractivity contribution is 8.03. The normalized spacial score (nSPS) is 27.6. The van der Waals surface area contributed by atoms with E-state index in [9.17, 15) is 0 Å². The van der Waals surface area contributed by atoms with Gasteiger partial charge in [-0.25, -0.2) is 9.97 Å². The Kier molecular flexibility index (Phi) is 4.65. The Labute approximate surface area is 182 Å². The van der Waals surface area contributed by atoms with Gasteiger partial charge in [-0.2, -0.15) is 0 Å². The molecule has 5 rings (SSSR count). The summed E-state index contributed by atoms with van der Waals surface area (Å²) < 4.78 is 0. The molecule has 0 spiro atoms. The van der Waals surface area contributed by atoms with Crippen LogP contribution in [0.3, 0.4) is 0 Å². The standard InChI is InChI=1S/C19H22ClN7S2/c1-10-8-28-18(26-10)19(9-21)11-6-27(7-12(11)19)14-4-25-15(5-24-14)29-13-2-3-23-17(22)16(13)20/h2-5,8,11-12,24-25H,6-7,9,21H2,1H3,(H2,22,23)/t11-,12+,19-. The number of thioether (sulfide) groups is 1. The lowest BCUT2D eigenvalue weighted by Crippen LogP contribution is -2.38. The number of piperidine rings is 1. The van der Waals surface area contributed by atoms with E-state index in [0.717, 1.165) is 34.5 Å². The van der Waals surface area contributed by atoms with Gasteiger partial charge in [-0.3, -0.25) is 0 Å². The van der Waals surface area contributed by atoms with Gasteiger partial charge in [-0.1, -0.05) is 23.4 Å².